The molecule has 1 nitrogen and oxygen atoms in total. The molecule has 27 heavy (non-hydrogen) atoms. The van der Waals surface area contributed by atoms with Crippen LogP contribution in [-0.4, -0.2) is 5.78 Å². The van der Waals surface area contributed by atoms with Crippen molar-refractivity contribution in [3.05, 3.63) is 76.9 Å². The third kappa shape index (κ3) is 2.21. The molecule has 0 heterocycles. The number of hydrogen-bond acceptors (Lipinski definition) is 1. The molecular formula is C26H30O. The summed E-state index contributed by atoms with van der Waals surface area (Å²) in [6.07, 6.45) is 1.51. The highest BCUT2D eigenvalue weighted by Crippen LogP contribution is 2.69. The van der Waals surface area contributed by atoms with Crippen molar-refractivity contribution in [2.24, 2.45) is 17.3 Å². The smallest absolute Gasteiger partial charge is 0.136 e. The number of allylic oxidation sites excluding steroid dienone is 1. The lowest BCUT2D eigenvalue weighted by Crippen LogP contribution is -2.46. The van der Waals surface area contributed by atoms with Crippen molar-refractivity contribution in [3.8, 4) is 0 Å². The predicted molar refractivity (Wildman–Crippen MR) is 113 cm³/mol. The molecule has 140 valence electrons. The fraction of sp³-hybridized carbons (Fsp3) is 0.423. The normalized spacial score (nSPS) is 25.6. The van der Waals surface area contributed by atoms with Gasteiger partial charge in [-0.1, -0.05) is 89.2 Å². The lowest BCUT2D eigenvalue weighted by atomic mass is 9.55. The van der Waals surface area contributed by atoms with E-state index in [4.69, 9.17) is 0 Å². The molecule has 2 aromatic carbocycles. The standard InChI is InChI=1S/C26H30O/c1-6-23(27)21-16-22-24(18-12-8-7-9-13-18)19-14-10-11-15-20(19)26(22,17(2)3)25(21,4)5/h7-15,17,21H,6,16H2,1-5H3/t21-,26-/m1/s1. The minimum absolute atomic E-state index is 0.0791. The Kier molecular flexibility index (Phi) is 4.18. The number of ketones is 1. The van der Waals surface area contributed by atoms with Crippen molar-refractivity contribution in [2.75, 3.05) is 0 Å². The molecule has 0 bridgehead atoms. The third-order valence-corrected chi connectivity index (χ3v) is 7.36. The summed E-state index contributed by atoms with van der Waals surface area (Å²) in [5, 5.41) is 0. The van der Waals surface area contributed by atoms with E-state index in [1.165, 1.54) is 27.8 Å². The zero-order chi connectivity index (χ0) is 19.4. The monoisotopic (exact) mass is 358 g/mol. The van der Waals surface area contributed by atoms with Crippen LogP contribution in [-0.2, 0) is 10.2 Å². The maximum atomic E-state index is 13.0. The molecule has 1 heteroatoms. The molecule has 0 saturated heterocycles. The van der Waals surface area contributed by atoms with Gasteiger partial charge in [-0.2, -0.15) is 0 Å². The summed E-state index contributed by atoms with van der Waals surface area (Å²) in [6.45, 7) is 11.4. The number of carbonyl (C=O) groups excluding carboxylic acids is 1. The molecule has 0 spiro atoms. The summed E-state index contributed by atoms with van der Waals surface area (Å²) in [4.78, 5) is 13.0. The number of carbonyl (C=O) groups is 1. The molecule has 4 rings (SSSR count). The first-order valence-electron chi connectivity index (χ1n) is 10.3. The van der Waals surface area contributed by atoms with E-state index in [1.54, 1.807) is 0 Å². The van der Waals surface area contributed by atoms with Crippen LogP contribution in [0.5, 0.6) is 0 Å². The van der Waals surface area contributed by atoms with Crippen molar-refractivity contribution in [1.82, 2.24) is 0 Å². The van der Waals surface area contributed by atoms with Gasteiger partial charge in [0.2, 0.25) is 0 Å². The molecule has 0 N–H and O–H groups in total. The van der Waals surface area contributed by atoms with E-state index < -0.39 is 0 Å². The Labute approximate surface area is 163 Å². The second-order valence-electron chi connectivity index (χ2n) is 9.03. The van der Waals surface area contributed by atoms with Crippen molar-refractivity contribution in [1.29, 1.82) is 0 Å². The summed E-state index contributed by atoms with van der Waals surface area (Å²) >= 11 is 0. The van der Waals surface area contributed by atoms with Gasteiger partial charge in [0.15, 0.2) is 0 Å². The minimum Gasteiger partial charge on any atom is -0.299 e. The Balaban J connectivity index is 2.09. The molecule has 2 aliphatic carbocycles. The predicted octanol–water partition coefficient (Wildman–Crippen LogP) is 6.42. The zero-order valence-electron chi connectivity index (χ0n) is 17.2. The lowest BCUT2D eigenvalue weighted by Gasteiger charge is -2.47. The van der Waals surface area contributed by atoms with Crippen LogP contribution >= 0.6 is 0 Å². The summed E-state index contributed by atoms with van der Waals surface area (Å²) in [5.74, 6) is 0.929. The Morgan fingerprint density at radius 3 is 2.30 bits per heavy atom. The molecule has 2 aromatic rings. The van der Waals surface area contributed by atoms with E-state index in [1.807, 2.05) is 6.92 Å². The number of fused-ring (bicyclic) bond motifs is 3. The van der Waals surface area contributed by atoms with Gasteiger partial charge in [0.1, 0.15) is 5.78 Å². The summed E-state index contributed by atoms with van der Waals surface area (Å²) in [7, 11) is 0. The Morgan fingerprint density at radius 1 is 1.04 bits per heavy atom. The highest BCUT2D eigenvalue weighted by Gasteiger charge is 2.64. The Hall–Kier alpha value is -2.15. The molecule has 0 radical (unpaired) electrons. The average molecular weight is 359 g/mol. The molecule has 0 aliphatic heterocycles. The van der Waals surface area contributed by atoms with Crippen LogP contribution in [0.25, 0.3) is 5.57 Å². The van der Waals surface area contributed by atoms with Crippen LogP contribution in [0.3, 0.4) is 0 Å². The molecule has 0 amide bonds. The quantitative estimate of drug-likeness (QED) is 0.616. The van der Waals surface area contributed by atoms with Gasteiger partial charge in [-0.15, -0.1) is 0 Å². The second kappa shape index (κ2) is 6.19. The number of hydrogen-bond donors (Lipinski definition) is 0. The minimum atomic E-state index is -0.101. The van der Waals surface area contributed by atoms with Crippen LogP contribution in [0, 0.1) is 17.3 Å². The SMILES string of the molecule is CCC(=O)[C@H]1CC2=C(c3ccccc3)c3ccccc3[C@@]2(C(C)C)C1(C)C. The van der Waals surface area contributed by atoms with E-state index in [9.17, 15) is 4.79 Å². The van der Waals surface area contributed by atoms with Crippen LogP contribution in [0.4, 0.5) is 0 Å². The highest BCUT2D eigenvalue weighted by molar-refractivity contribution is 5.94. The Morgan fingerprint density at radius 2 is 1.67 bits per heavy atom. The van der Waals surface area contributed by atoms with Gasteiger partial charge in [0, 0.05) is 17.8 Å². The second-order valence-corrected chi connectivity index (χ2v) is 9.03. The van der Waals surface area contributed by atoms with E-state index in [0.29, 0.717) is 18.1 Å². The van der Waals surface area contributed by atoms with Crippen molar-refractivity contribution in [2.45, 2.75) is 52.9 Å². The number of Topliss-reactive ketones (excluding diaryl/α,β-unsaturated/α-hetero) is 1. The molecule has 2 aliphatic rings. The summed E-state index contributed by atoms with van der Waals surface area (Å²) in [6, 6.07) is 19.7. The van der Waals surface area contributed by atoms with Crippen LogP contribution in [0.15, 0.2) is 60.2 Å². The first-order valence-corrected chi connectivity index (χ1v) is 10.3. The average Bonchev–Trinajstić information content (AvgIpc) is 3.09. The van der Waals surface area contributed by atoms with Gasteiger partial charge in [-0.3, -0.25) is 4.79 Å². The van der Waals surface area contributed by atoms with Gasteiger partial charge in [-0.05, 0) is 45.6 Å². The van der Waals surface area contributed by atoms with Gasteiger partial charge in [-0.25, -0.2) is 0 Å². The van der Waals surface area contributed by atoms with E-state index >= 15 is 0 Å². The lowest BCUT2D eigenvalue weighted by molar-refractivity contribution is -0.126. The molecule has 1 fully saturated rings. The highest BCUT2D eigenvalue weighted by atomic mass is 16.1. The fourth-order valence-corrected chi connectivity index (χ4v) is 6.40. The number of benzene rings is 2. The van der Waals surface area contributed by atoms with Gasteiger partial charge in [0.05, 0.1) is 0 Å². The largest absolute Gasteiger partial charge is 0.299 e. The van der Waals surface area contributed by atoms with E-state index in [-0.39, 0.29) is 16.7 Å². The third-order valence-electron chi connectivity index (χ3n) is 7.36. The topological polar surface area (TPSA) is 17.1 Å². The molecule has 0 aromatic heterocycles. The van der Waals surface area contributed by atoms with Crippen molar-refractivity contribution < 1.29 is 4.79 Å². The summed E-state index contributed by atoms with van der Waals surface area (Å²) < 4.78 is 0. The first kappa shape index (κ1) is 18.2. The fourth-order valence-electron chi connectivity index (χ4n) is 6.40. The first-order chi connectivity index (χ1) is 12.9. The van der Waals surface area contributed by atoms with Crippen LogP contribution in [0.2, 0.25) is 0 Å². The van der Waals surface area contributed by atoms with Gasteiger partial charge >= 0.3 is 0 Å². The van der Waals surface area contributed by atoms with Crippen LogP contribution < -0.4 is 0 Å². The maximum Gasteiger partial charge on any atom is 0.136 e. The molecular weight excluding hydrogens is 328 g/mol. The Bertz CT molecular complexity index is 916. The number of rotatable bonds is 4. The van der Waals surface area contributed by atoms with Gasteiger partial charge < -0.3 is 0 Å². The van der Waals surface area contributed by atoms with Gasteiger partial charge in [0.25, 0.3) is 0 Å². The van der Waals surface area contributed by atoms with Crippen molar-refractivity contribution >= 4 is 11.4 Å². The van der Waals surface area contributed by atoms with Crippen LogP contribution in [0.1, 0.15) is 64.2 Å². The zero-order valence-corrected chi connectivity index (χ0v) is 17.2. The van der Waals surface area contributed by atoms with E-state index in [0.717, 1.165) is 6.42 Å². The van der Waals surface area contributed by atoms with Crippen molar-refractivity contribution in [3.63, 3.8) is 0 Å². The van der Waals surface area contributed by atoms with E-state index in [2.05, 4.69) is 82.3 Å². The molecule has 2 atom stereocenters. The molecule has 1 saturated carbocycles. The summed E-state index contributed by atoms with van der Waals surface area (Å²) in [5.41, 5.74) is 6.75. The molecule has 0 unspecified atom stereocenters. The maximum absolute atomic E-state index is 13.0.